The van der Waals surface area contributed by atoms with Crippen LogP contribution in [0.2, 0.25) is 0 Å². The Morgan fingerprint density at radius 3 is 1.28 bits per heavy atom. The lowest BCUT2D eigenvalue weighted by Crippen LogP contribution is -2.00. The first-order valence-corrected chi connectivity index (χ1v) is 6.33. The van der Waals surface area contributed by atoms with E-state index < -0.39 is 0 Å². The van der Waals surface area contributed by atoms with Gasteiger partial charge in [0.05, 0.1) is 0 Å². The molecule has 0 fully saturated rings. The summed E-state index contributed by atoms with van der Waals surface area (Å²) in [6, 6.07) is 8.08. The van der Waals surface area contributed by atoms with Gasteiger partial charge in [-0.1, -0.05) is 35.8 Å². The molecule has 0 radical (unpaired) electrons. The normalized spacial score (nSPS) is 11.0. The van der Waals surface area contributed by atoms with Crippen molar-refractivity contribution in [1.29, 1.82) is 0 Å². The van der Waals surface area contributed by atoms with Crippen LogP contribution in [0, 0.1) is 34.5 Å². The number of hydrogen-bond donors (Lipinski definition) is 0. The third-order valence-corrected chi connectivity index (χ3v) is 2.07. The molecule has 0 atom stereocenters. The van der Waals surface area contributed by atoms with Crippen LogP contribution in [0.1, 0.15) is 52.7 Å². The van der Waals surface area contributed by atoms with Crippen LogP contribution >= 0.6 is 0 Å². The van der Waals surface area contributed by atoms with Gasteiger partial charge in [0.25, 0.3) is 0 Å². The minimum Gasteiger partial charge on any atom is -0.0919 e. The predicted molar refractivity (Wildman–Crippen MR) is 79.1 cm³/mol. The smallest absolute Gasteiger partial charge is 0.0402 e. The molecule has 0 heterocycles. The van der Waals surface area contributed by atoms with Gasteiger partial charge in [-0.25, -0.2) is 0 Å². The Hall–Kier alpha value is -1.66. The lowest BCUT2D eigenvalue weighted by Gasteiger charge is -2.08. The molecule has 1 aromatic rings. The molecule has 0 aliphatic carbocycles. The van der Waals surface area contributed by atoms with E-state index in [1.165, 1.54) is 0 Å². The Labute approximate surface area is 112 Å². The fourth-order valence-electron chi connectivity index (χ4n) is 1.21. The first-order valence-electron chi connectivity index (χ1n) is 6.33. The fourth-order valence-corrected chi connectivity index (χ4v) is 1.21. The van der Waals surface area contributed by atoms with Crippen LogP contribution in [0.4, 0.5) is 0 Å². The summed E-state index contributed by atoms with van der Waals surface area (Å²) in [5, 5.41) is 0. The van der Waals surface area contributed by atoms with Gasteiger partial charge in [-0.15, -0.1) is 0 Å². The SMILES string of the molecule is CC(C)(C)C#Cc1ccccc1C#CC(C)(C)C. The zero-order valence-corrected chi connectivity index (χ0v) is 12.3. The highest BCUT2D eigenvalue weighted by atomic mass is 14.1. The standard InChI is InChI=1S/C18H22/c1-17(2,3)13-11-15-9-7-8-10-16(15)12-14-18(4,5)6/h7-10H,1-6H3. The van der Waals surface area contributed by atoms with Gasteiger partial charge >= 0.3 is 0 Å². The van der Waals surface area contributed by atoms with E-state index in [1.54, 1.807) is 0 Å². The molecular weight excluding hydrogens is 216 g/mol. The van der Waals surface area contributed by atoms with Crippen molar-refractivity contribution in [3.8, 4) is 23.7 Å². The second-order valence-electron chi connectivity index (χ2n) is 6.55. The molecule has 94 valence electrons. The van der Waals surface area contributed by atoms with Gasteiger partial charge in [0.1, 0.15) is 0 Å². The average Bonchev–Trinajstić information content (AvgIpc) is 2.22. The van der Waals surface area contributed by atoms with E-state index >= 15 is 0 Å². The Bertz CT molecular complexity index is 475. The van der Waals surface area contributed by atoms with Gasteiger partial charge in [0.2, 0.25) is 0 Å². The first-order chi connectivity index (χ1) is 8.17. The van der Waals surface area contributed by atoms with E-state index in [-0.39, 0.29) is 10.8 Å². The van der Waals surface area contributed by atoms with E-state index in [2.05, 4.69) is 65.2 Å². The molecule has 0 nitrogen and oxygen atoms in total. The van der Waals surface area contributed by atoms with Crippen molar-refractivity contribution in [1.82, 2.24) is 0 Å². The van der Waals surface area contributed by atoms with Gasteiger partial charge in [-0.3, -0.25) is 0 Å². The van der Waals surface area contributed by atoms with Gasteiger partial charge in [0, 0.05) is 22.0 Å². The maximum atomic E-state index is 3.26. The second kappa shape index (κ2) is 5.32. The summed E-state index contributed by atoms with van der Waals surface area (Å²) < 4.78 is 0. The summed E-state index contributed by atoms with van der Waals surface area (Å²) in [6.45, 7) is 12.7. The Balaban J connectivity index is 3.14. The van der Waals surface area contributed by atoms with E-state index in [4.69, 9.17) is 0 Å². The van der Waals surface area contributed by atoms with Crippen molar-refractivity contribution < 1.29 is 0 Å². The topological polar surface area (TPSA) is 0 Å². The summed E-state index contributed by atoms with van der Waals surface area (Å²) in [5.74, 6) is 13.0. The minimum atomic E-state index is 0.0184. The predicted octanol–water partition coefficient (Wildman–Crippen LogP) is 4.48. The van der Waals surface area contributed by atoms with Gasteiger partial charge in [0.15, 0.2) is 0 Å². The van der Waals surface area contributed by atoms with Crippen LogP contribution in [-0.2, 0) is 0 Å². The van der Waals surface area contributed by atoms with Crippen LogP contribution in [0.5, 0.6) is 0 Å². The van der Waals surface area contributed by atoms with Gasteiger partial charge in [-0.2, -0.15) is 0 Å². The van der Waals surface area contributed by atoms with Crippen LogP contribution in [0.15, 0.2) is 24.3 Å². The van der Waals surface area contributed by atoms with E-state index in [0.717, 1.165) is 11.1 Å². The van der Waals surface area contributed by atoms with Gasteiger partial charge < -0.3 is 0 Å². The molecule has 0 aliphatic rings. The summed E-state index contributed by atoms with van der Waals surface area (Å²) >= 11 is 0. The summed E-state index contributed by atoms with van der Waals surface area (Å²) in [5.41, 5.74) is 2.07. The van der Waals surface area contributed by atoms with Crippen molar-refractivity contribution in [3.63, 3.8) is 0 Å². The third kappa shape index (κ3) is 5.60. The van der Waals surface area contributed by atoms with Gasteiger partial charge in [-0.05, 0) is 53.7 Å². The molecule has 0 heteroatoms. The first kappa shape index (κ1) is 14.4. The molecule has 0 saturated carbocycles. The molecule has 0 amide bonds. The second-order valence-corrected chi connectivity index (χ2v) is 6.55. The average molecular weight is 238 g/mol. The molecule has 0 unspecified atom stereocenters. The molecule has 1 rings (SSSR count). The summed E-state index contributed by atoms with van der Waals surface area (Å²) in [4.78, 5) is 0. The molecule has 18 heavy (non-hydrogen) atoms. The summed E-state index contributed by atoms with van der Waals surface area (Å²) in [7, 11) is 0. The Morgan fingerprint density at radius 1 is 0.667 bits per heavy atom. The third-order valence-electron chi connectivity index (χ3n) is 2.07. The highest BCUT2D eigenvalue weighted by Crippen LogP contribution is 2.14. The lowest BCUT2D eigenvalue weighted by molar-refractivity contribution is 0.570. The van der Waals surface area contributed by atoms with Crippen LogP contribution < -0.4 is 0 Å². The van der Waals surface area contributed by atoms with E-state index in [0.29, 0.717) is 0 Å². The zero-order valence-electron chi connectivity index (χ0n) is 12.3. The maximum absolute atomic E-state index is 3.26. The number of benzene rings is 1. The van der Waals surface area contributed by atoms with Crippen LogP contribution in [-0.4, -0.2) is 0 Å². The number of rotatable bonds is 0. The quantitative estimate of drug-likeness (QED) is 0.584. The highest BCUT2D eigenvalue weighted by Gasteiger charge is 2.05. The maximum Gasteiger partial charge on any atom is 0.0402 e. The van der Waals surface area contributed by atoms with Crippen molar-refractivity contribution in [2.24, 2.45) is 10.8 Å². The Morgan fingerprint density at radius 2 is 1.00 bits per heavy atom. The van der Waals surface area contributed by atoms with Crippen molar-refractivity contribution >= 4 is 0 Å². The molecular formula is C18H22. The van der Waals surface area contributed by atoms with E-state index in [9.17, 15) is 0 Å². The van der Waals surface area contributed by atoms with Crippen LogP contribution in [0.25, 0.3) is 0 Å². The van der Waals surface area contributed by atoms with Crippen molar-refractivity contribution in [2.45, 2.75) is 41.5 Å². The Kier molecular flexibility index (Phi) is 4.26. The molecule has 0 saturated heterocycles. The molecule has 0 N–H and O–H groups in total. The minimum absolute atomic E-state index is 0.0184. The molecule has 0 bridgehead atoms. The molecule has 0 spiro atoms. The number of hydrogen-bond acceptors (Lipinski definition) is 0. The highest BCUT2D eigenvalue weighted by molar-refractivity contribution is 5.50. The van der Waals surface area contributed by atoms with Crippen molar-refractivity contribution in [2.75, 3.05) is 0 Å². The molecule has 0 aliphatic heterocycles. The molecule has 1 aromatic carbocycles. The van der Waals surface area contributed by atoms with Crippen LogP contribution in [0.3, 0.4) is 0 Å². The largest absolute Gasteiger partial charge is 0.0919 e. The molecule has 0 aromatic heterocycles. The van der Waals surface area contributed by atoms with Crippen molar-refractivity contribution in [3.05, 3.63) is 35.4 Å². The van der Waals surface area contributed by atoms with E-state index in [1.807, 2.05) is 24.3 Å². The fraction of sp³-hybridized carbons (Fsp3) is 0.444. The zero-order chi connectivity index (χ0) is 13.8. The summed E-state index contributed by atoms with van der Waals surface area (Å²) in [6.07, 6.45) is 0. The monoisotopic (exact) mass is 238 g/mol. The lowest BCUT2D eigenvalue weighted by atomic mass is 9.95.